The lowest BCUT2D eigenvalue weighted by molar-refractivity contribution is -0.161. The summed E-state index contributed by atoms with van der Waals surface area (Å²) in [6.07, 6.45) is 45.7. The fourth-order valence-corrected chi connectivity index (χ4v) is 12.0. The smallest absolute Gasteiger partial charge is 0.462 e. The third-order valence-electron chi connectivity index (χ3n) is 16.0. The zero-order chi connectivity index (χ0) is 65.0. The van der Waals surface area contributed by atoms with Crippen molar-refractivity contribution in [3.05, 3.63) is 0 Å². The van der Waals surface area contributed by atoms with Crippen LogP contribution < -0.4 is 0 Å². The first-order chi connectivity index (χ1) is 42.4. The second-order valence-electron chi connectivity index (χ2n) is 25.9. The molecule has 0 aliphatic rings. The van der Waals surface area contributed by atoms with Crippen molar-refractivity contribution in [2.24, 2.45) is 11.8 Å². The van der Waals surface area contributed by atoms with E-state index < -0.39 is 97.5 Å². The van der Waals surface area contributed by atoms with Gasteiger partial charge in [-0.3, -0.25) is 37.3 Å². The van der Waals surface area contributed by atoms with Crippen LogP contribution in [0.2, 0.25) is 0 Å². The van der Waals surface area contributed by atoms with Crippen molar-refractivity contribution in [1.29, 1.82) is 0 Å². The van der Waals surface area contributed by atoms with Crippen LogP contribution in [0.25, 0.3) is 0 Å². The van der Waals surface area contributed by atoms with Crippen LogP contribution in [0.1, 0.15) is 350 Å². The van der Waals surface area contributed by atoms with E-state index in [1.807, 2.05) is 0 Å². The lowest BCUT2D eigenvalue weighted by Gasteiger charge is -2.21. The number of hydrogen-bond donors (Lipinski definition) is 3. The highest BCUT2D eigenvalue weighted by Gasteiger charge is 2.30. The number of ether oxygens (including phenoxy) is 4. The Morgan fingerprint density at radius 1 is 0.307 bits per heavy atom. The quantitative estimate of drug-likeness (QED) is 0.0222. The van der Waals surface area contributed by atoms with Gasteiger partial charge in [0, 0.05) is 25.7 Å². The largest absolute Gasteiger partial charge is 0.472 e. The third kappa shape index (κ3) is 62.8. The van der Waals surface area contributed by atoms with E-state index in [0.29, 0.717) is 31.6 Å². The molecule has 0 saturated carbocycles. The molecule has 0 saturated heterocycles. The first kappa shape index (κ1) is 86.1. The lowest BCUT2D eigenvalue weighted by atomic mass is 10.0. The van der Waals surface area contributed by atoms with E-state index in [0.717, 1.165) is 102 Å². The topological polar surface area (TPSA) is 237 Å². The molecular formula is C69H134O17P2. The Labute approximate surface area is 537 Å². The van der Waals surface area contributed by atoms with Gasteiger partial charge in [0.25, 0.3) is 0 Å². The predicted octanol–water partition coefficient (Wildman–Crippen LogP) is 19.6. The number of rotatable bonds is 68. The van der Waals surface area contributed by atoms with Gasteiger partial charge in [-0.05, 0) is 37.5 Å². The highest BCUT2D eigenvalue weighted by molar-refractivity contribution is 7.47. The number of esters is 4. The molecular weight excluding hydrogens is 1160 g/mol. The Bertz CT molecular complexity index is 1720. The minimum absolute atomic E-state index is 0.106. The summed E-state index contributed by atoms with van der Waals surface area (Å²) in [6, 6.07) is 0. The number of carbonyl (C=O) groups is 4. The highest BCUT2D eigenvalue weighted by Crippen LogP contribution is 2.45. The van der Waals surface area contributed by atoms with Crippen LogP contribution in [-0.2, 0) is 65.4 Å². The number of hydrogen-bond acceptors (Lipinski definition) is 15. The number of unbranched alkanes of at least 4 members (excludes halogenated alkanes) is 38. The van der Waals surface area contributed by atoms with E-state index in [9.17, 15) is 43.2 Å². The Kier molecular flexibility index (Phi) is 59.9. The van der Waals surface area contributed by atoms with E-state index in [4.69, 9.17) is 37.0 Å². The molecule has 0 aliphatic heterocycles. The van der Waals surface area contributed by atoms with Crippen molar-refractivity contribution in [1.82, 2.24) is 0 Å². The molecule has 0 aromatic carbocycles. The molecule has 0 fully saturated rings. The van der Waals surface area contributed by atoms with Crippen molar-refractivity contribution < 1.29 is 80.2 Å². The number of aliphatic hydroxyl groups is 1. The summed E-state index contributed by atoms with van der Waals surface area (Å²) >= 11 is 0. The van der Waals surface area contributed by atoms with E-state index in [-0.39, 0.29) is 25.7 Å². The fraction of sp³-hybridized carbons (Fsp3) is 0.942. The second-order valence-corrected chi connectivity index (χ2v) is 28.8. The van der Waals surface area contributed by atoms with Crippen LogP contribution in [0.4, 0.5) is 0 Å². The molecule has 522 valence electrons. The fourth-order valence-electron chi connectivity index (χ4n) is 10.4. The standard InChI is InChI=1S/C69H134O17P2/c1-7-9-11-13-15-17-19-21-23-27-33-39-45-51-66(71)79-57-64(85-69(74)54-48-42-35-29-25-24-26-31-37-43-49-61(3)4)59-83-87(75,76)81-55-63(70)56-82-88(77,78)84-60-65(58-80-67(72)52-46-40-36-30-32-38-44-50-62(5)6)86-68(73)53-47-41-34-28-22-20-18-16-14-12-10-8-2/h61-65,70H,7-60H2,1-6H3,(H,75,76)(H,77,78)/t63-,64-,65-/m1/s1. The van der Waals surface area contributed by atoms with Gasteiger partial charge in [-0.25, -0.2) is 9.13 Å². The maximum Gasteiger partial charge on any atom is 0.472 e. The van der Waals surface area contributed by atoms with E-state index in [1.165, 1.54) is 161 Å². The van der Waals surface area contributed by atoms with Crippen molar-refractivity contribution in [2.45, 2.75) is 368 Å². The van der Waals surface area contributed by atoms with Crippen LogP contribution >= 0.6 is 15.6 Å². The summed E-state index contributed by atoms with van der Waals surface area (Å²) in [5, 5.41) is 10.6. The molecule has 3 N–H and O–H groups in total. The molecule has 17 nitrogen and oxygen atoms in total. The molecule has 0 rings (SSSR count). The summed E-state index contributed by atoms with van der Waals surface area (Å²) in [7, 11) is -9.90. The zero-order valence-corrected chi connectivity index (χ0v) is 58.8. The molecule has 0 amide bonds. The summed E-state index contributed by atoms with van der Waals surface area (Å²) in [5.41, 5.74) is 0. The predicted molar refractivity (Wildman–Crippen MR) is 354 cm³/mol. The average molecular weight is 1300 g/mol. The molecule has 0 radical (unpaired) electrons. The van der Waals surface area contributed by atoms with Gasteiger partial charge in [0.05, 0.1) is 26.4 Å². The molecule has 0 heterocycles. The number of aliphatic hydroxyl groups excluding tert-OH is 1. The van der Waals surface area contributed by atoms with Crippen LogP contribution in [0, 0.1) is 11.8 Å². The van der Waals surface area contributed by atoms with E-state index in [1.54, 1.807) is 0 Å². The number of carbonyl (C=O) groups excluding carboxylic acids is 4. The minimum atomic E-state index is -4.95. The third-order valence-corrected chi connectivity index (χ3v) is 17.9. The van der Waals surface area contributed by atoms with Gasteiger partial charge < -0.3 is 33.8 Å². The van der Waals surface area contributed by atoms with Gasteiger partial charge in [0.15, 0.2) is 12.2 Å². The molecule has 0 spiro atoms. The molecule has 2 unspecified atom stereocenters. The van der Waals surface area contributed by atoms with Gasteiger partial charge in [-0.15, -0.1) is 0 Å². The van der Waals surface area contributed by atoms with Crippen LogP contribution in [0.5, 0.6) is 0 Å². The number of phosphoric acid groups is 2. The molecule has 5 atom stereocenters. The van der Waals surface area contributed by atoms with E-state index in [2.05, 4.69) is 41.5 Å². The Morgan fingerprint density at radius 2 is 0.523 bits per heavy atom. The second kappa shape index (κ2) is 61.3. The highest BCUT2D eigenvalue weighted by atomic mass is 31.2. The summed E-state index contributed by atoms with van der Waals surface area (Å²) < 4.78 is 68.2. The molecule has 0 aromatic heterocycles. The van der Waals surface area contributed by atoms with Crippen LogP contribution in [0.15, 0.2) is 0 Å². The van der Waals surface area contributed by atoms with Crippen molar-refractivity contribution >= 4 is 39.5 Å². The minimum Gasteiger partial charge on any atom is -0.462 e. The van der Waals surface area contributed by atoms with Crippen LogP contribution in [-0.4, -0.2) is 96.7 Å². The zero-order valence-electron chi connectivity index (χ0n) is 57.0. The van der Waals surface area contributed by atoms with Gasteiger partial charge in [-0.2, -0.15) is 0 Å². The van der Waals surface area contributed by atoms with Crippen molar-refractivity contribution in [3.63, 3.8) is 0 Å². The SMILES string of the molecule is CCCCCCCCCCCCCCCC(=O)OC[C@H](COP(=O)(O)OC[C@@H](O)COP(=O)(O)OC[C@@H](COC(=O)CCCCCCCCCC(C)C)OC(=O)CCCCCCCCCCCCCC)OC(=O)CCCCCCCCCCCCC(C)C. The van der Waals surface area contributed by atoms with E-state index >= 15 is 0 Å². The Morgan fingerprint density at radius 3 is 0.773 bits per heavy atom. The maximum atomic E-state index is 13.0. The van der Waals surface area contributed by atoms with Crippen molar-refractivity contribution in [3.8, 4) is 0 Å². The summed E-state index contributed by atoms with van der Waals surface area (Å²) in [5.74, 6) is -0.667. The molecule has 0 bridgehead atoms. The normalized spacial score (nSPS) is 14.2. The van der Waals surface area contributed by atoms with Gasteiger partial charge in [0.1, 0.15) is 19.3 Å². The van der Waals surface area contributed by atoms with Gasteiger partial charge >= 0.3 is 39.5 Å². The number of phosphoric ester groups is 2. The summed E-state index contributed by atoms with van der Waals surface area (Å²) in [6.45, 7) is 9.48. The first-order valence-corrected chi connectivity index (χ1v) is 39.0. The molecule has 0 aliphatic carbocycles. The Balaban J connectivity index is 5.25. The first-order valence-electron chi connectivity index (χ1n) is 36.0. The average Bonchev–Trinajstić information content (AvgIpc) is 3.60. The summed E-state index contributed by atoms with van der Waals surface area (Å²) in [4.78, 5) is 72.5. The maximum absolute atomic E-state index is 13.0. The Hall–Kier alpha value is -1.94. The molecule has 88 heavy (non-hydrogen) atoms. The van der Waals surface area contributed by atoms with Crippen LogP contribution in [0.3, 0.4) is 0 Å². The molecule has 19 heteroatoms. The monoisotopic (exact) mass is 1300 g/mol. The molecule has 0 aromatic rings. The van der Waals surface area contributed by atoms with Crippen molar-refractivity contribution in [2.75, 3.05) is 39.6 Å². The van der Waals surface area contributed by atoms with Gasteiger partial charge in [0.2, 0.25) is 0 Å². The van der Waals surface area contributed by atoms with Gasteiger partial charge in [-0.1, -0.05) is 298 Å². The lowest BCUT2D eigenvalue weighted by Crippen LogP contribution is -2.30.